The Kier molecular flexibility index (Phi) is 4.95. The van der Waals surface area contributed by atoms with Crippen LogP contribution in [0.5, 0.6) is 0 Å². The largest absolute Gasteiger partial charge is 0.405 e. The van der Waals surface area contributed by atoms with Gasteiger partial charge in [-0.2, -0.15) is 13.2 Å². The van der Waals surface area contributed by atoms with E-state index < -0.39 is 12.7 Å². The van der Waals surface area contributed by atoms with Gasteiger partial charge in [-0.1, -0.05) is 17.7 Å². The third kappa shape index (κ3) is 3.96. The summed E-state index contributed by atoms with van der Waals surface area (Å²) in [6.07, 6.45) is -4.25. The smallest absolute Gasteiger partial charge is 0.363 e. The van der Waals surface area contributed by atoms with Crippen LogP contribution >= 0.6 is 23.2 Å². The molecule has 0 amide bonds. The van der Waals surface area contributed by atoms with Crippen molar-refractivity contribution in [2.24, 2.45) is 0 Å². The standard InChI is InChI=1S/C11H12Cl2F3N/c1-2-17(7-11(14,15)16)10-5-3-4-9(13)8(10)6-12/h3-5H,2,6-7H2,1H3. The molecule has 1 rings (SSSR count). The van der Waals surface area contributed by atoms with E-state index in [1.807, 2.05) is 0 Å². The topological polar surface area (TPSA) is 3.24 Å². The molecule has 0 atom stereocenters. The second-order valence-electron chi connectivity index (χ2n) is 3.50. The lowest BCUT2D eigenvalue weighted by atomic mass is 10.1. The molecular weight excluding hydrogens is 274 g/mol. The summed E-state index contributed by atoms with van der Waals surface area (Å²) in [5.41, 5.74) is 0.967. The van der Waals surface area contributed by atoms with Gasteiger partial charge in [-0.05, 0) is 19.1 Å². The normalized spacial score (nSPS) is 11.6. The Morgan fingerprint density at radius 1 is 1.29 bits per heavy atom. The molecule has 6 heteroatoms. The Balaban J connectivity index is 3.07. The molecule has 0 aliphatic heterocycles. The van der Waals surface area contributed by atoms with E-state index in [1.165, 1.54) is 4.90 Å². The van der Waals surface area contributed by atoms with Crippen molar-refractivity contribution >= 4 is 28.9 Å². The van der Waals surface area contributed by atoms with Crippen molar-refractivity contribution in [2.45, 2.75) is 19.0 Å². The molecule has 0 saturated carbocycles. The lowest BCUT2D eigenvalue weighted by Crippen LogP contribution is -2.34. The Morgan fingerprint density at radius 2 is 1.94 bits per heavy atom. The summed E-state index contributed by atoms with van der Waals surface area (Å²) in [6, 6.07) is 4.83. The van der Waals surface area contributed by atoms with Crippen molar-refractivity contribution in [3.63, 3.8) is 0 Å². The van der Waals surface area contributed by atoms with Gasteiger partial charge in [0.25, 0.3) is 0 Å². The molecule has 0 bridgehead atoms. The van der Waals surface area contributed by atoms with Gasteiger partial charge in [-0.25, -0.2) is 0 Å². The number of anilines is 1. The highest BCUT2D eigenvalue weighted by molar-refractivity contribution is 6.32. The molecule has 0 spiro atoms. The Labute approximate surface area is 108 Å². The highest BCUT2D eigenvalue weighted by atomic mass is 35.5. The van der Waals surface area contributed by atoms with Crippen LogP contribution in [0.25, 0.3) is 0 Å². The van der Waals surface area contributed by atoms with Crippen LogP contribution < -0.4 is 4.90 Å². The molecule has 0 heterocycles. The molecule has 0 saturated heterocycles. The van der Waals surface area contributed by atoms with Crippen molar-refractivity contribution in [3.8, 4) is 0 Å². The van der Waals surface area contributed by atoms with Gasteiger partial charge in [0.15, 0.2) is 0 Å². The highest BCUT2D eigenvalue weighted by Crippen LogP contribution is 2.31. The van der Waals surface area contributed by atoms with E-state index in [-0.39, 0.29) is 12.4 Å². The lowest BCUT2D eigenvalue weighted by molar-refractivity contribution is -0.119. The quantitative estimate of drug-likeness (QED) is 0.738. The first-order chi connectivity index (χ1) is 7.89. The third-order valence-electron chi connectivity index (χ3n) is 2.32. The third-order valence-corrected chi connectivity index (χ3v) is 2.94. The average Bonchev–Trinajstić information content (AvgIpc) is 2.24. The fourth-order valence-electron chi connectivity index (χ4n) is 1.56. The number of benzene rings is 1. The minimum absolute atomic E-state index is 0.0867. The van der Waals surface area contributed by atoms with E-state index in [0.717, 1.165) is 0 Å². The van der Waals surface area contributed by atoms with Crippen LogP contribution in [0.4, 0.5) is 18.9 Å². The number of hydrogen-bond donors (Lipinski definition) is 0. The number of hydrogen-bond acceptors (Lipinski definition) is 1. The molecule has 1 nitrogen and oxygen atoms in total. The van der Waals surface area contributed by atoms with E-state index in [2.05, 4.69) is 0 Å². The second-order valence-corrected chi connectivity index (χ2v) is 4.17. The predicted octanol–water partition coefficient (Wildman–Crippen LogP) is 4.47. The molecular formula is C11H12Cl2F3N. The number of alkyl halides is 4. The number of halogens is 5. The summed E-state index contributed by atoms with van der Waals surface area (Å²) < 4.78 is 37.2. The van der Waals surface area contributed by atoms with Crippen LogP contribution in [0.15, 0.2) is 18.2 Å². The molecule has 96 valence electrons. The van der Waals surface area contributed by atoms with Gasteiger partial charge in [-0.15, -0.1) is 11.6 Å². The molecule has 1 aromatic rings. The number of rotatable bonds is 4. The van der Waals surface area contributed by atoms with Gasteiger partial charge in [0.1, 0.15) is 6.54 Å². The van der Waals surface area contributed by atoms with E-state index >= 15 is 0 Å². The molecule has 1 aromatic carbocycles. The Bertz CT molecular complexity index is 379. The predicted molar refractivity (Wildman–Crippen MR) is 65.0 cm³/mol. The van der Waals surface area contributed by atoms with Crippen molar-refractivity contribution in [2.75, 3.05) is 18.0 Å². The summed E-state index contributed by atoms with van der Waals surface area (Å²) in [5, 5.41) is 0.387. The van der Waals surface area contributed by atoms with E-state index in [0.29, 0.717) is 16.3 Å². The van der Waals surface area contributed by atoms with E-state index in [9.17, 15) is 13.2 Å². The zero-order valence-corrected chi connectivity index (χ0v) is 10.7. The van der Waals surface area contributed by atoms with Crippen molar-refractivity contribution in [3.05, 3.63) is 28.8 Å². The van der Waals surface area contributed by atoms with Gasteiger partial charge in [-0.3, -0.25) is 0 Å². The van der Waals surface area contributed by atoms with Gasteiger partial charge in [0, 0.05) is 22.8 Å². The van der Waals surface area contributed by atoms with Gasteiger partial charge >= 0.3 is 6.18 Å². The minimum atomic E-state index is -4.25. The maximum absolute atomic E-state index is 12.4. The fraction of sp³-hybridized carbons (Fsp3) is 0.455. The van der Waals surface area contributed by atoms with Crippen LogP contribution in [0.2, 0.25) is 5.02 Å². The Morgan fingerprint density at radius 3 is 2.41 bits per heavy atom. The molecule has 0 radical (unpaired) electrons. The van der Waals surface area contributed by atoms with Gasteiger partial charge in [0.2, 0.25) is 0 Å². The van der Waals surface area contributed by atoms with Crippen LogP contribution in [0, 0.1) is 0 Å². The first-order valence-electron chi connectivity index (χ1n) is 5.04. The second kappa shape index (κ2) is 5.83. The monoisotopic (exact) mass is 285 g/mol. The fourth-order valence-corrected chi connectivity index (χ4v) is 2.15. The van der Waals surface area contributed by atoms with Crippen LogP contribution in [0.3, 0.4) is 0 Å². The maximum atomic E-state index is 12.4. The highest BCUT2D eigenvalue weighted by Gasteiger charge is 2.31. The molecule has 0 fully saturated rings. The zero-order valence-electron chi connectivity index (χ0n) is 9.19. The van der Waals surface area contributed by atoms with Crippen molar-refractivity contribution < 1.29 is 13.2 Å². The SMILES string of the molecule is CCN(CC(F)(F)F)c1cccc(Cl)c1CCl. The minimum Gasteiger partial charge on any atom is -0.363 e. The lowest BCUT2D eigenvalue weighted by Gasteiger charge is -2.26. The van der Waals surface area contributed by atoms with Gasteiger partial charge in [0.05, 0.1) is 5.88 Å². The molecule has 0 aliphatic carbocycles. The molecule has 0 aliphatic rings. The molecule has 17 heavy (non-hydrogen) atoms. The molecule has 0 N–H and O–H groups in total. The van der Waals surface area contributed by atoms with Crippen molar-refractivity contribution in [1.82, 2.24) is 0 Å². The summed E-state index contributed by atoms with van der Waals surface area (Å²) in [5.74, 6) is 0.0867. The number of nitrogens with zero attached hydrogens (tertiary/aromatic N) is 1. The molecule has 0 aromatic heterocycles. The van der Waals surface area contributed by atoms with Crippen LogP contribution in [-0.4, -0.2) is 19.3 Å². The summed E-state index contributed by atoms with van der Waals surface area (Å²) in [4.78, 5) is 1.21. The first-order valence-corrected chi connectivity index (χ1v) is 5.95. The van der Waals surface area contributed by atoms with Gasteiger partial charge < -0.3 is 4.90 Å². The summed E-state index contributed by atoms with van der Waals surface area (Å²) in [7, 11) is 0. The zero-order chi connectivity index (χ0) is 13.1. The Hall–Kier alpha value is -0.610. The van der Waals surface area contributed by atoms with Crippen LogP contribution in [0.1, 0.15) is 12.5 Å². The van der Waals surface area contributed by atoms with E-state index in [4.69, 9.17) is 23.2 Å². The van der Waals surface area contributed by atoms with Crippen LogP contribution in [-0.2, 0) is 5.88 Å². The summed E-state index contributed by atoms with van der Waals surface area (Å²) in [6.45, 7) is 0.891. The average molecular weight is 286 g/mol. The first kappa shape index (κ1) is 14.5. The molecule has 0 unspecified atom stereocenters. The van der Waals surface area contributed by atoms with Crippen molar-refractivity contribution in [1.29, 1.82) is 0 Å². The summed E-state index contributed by atoms with van der Waals surface area (Å²) >= 11 is 11.6. The maximum Gasteiger partial charge on any atom is 0.405 e. The van der Waals surface area contributed by atoms with E-state index in [1.54, 1.807) is 25.1 Å².